The summed E-state index contributed by atoms with van der Waals surface area (Å²) in [6.07, 6.45) is 5.11. The summed E-state index contributed by atoms with van der Waals surface area (Å²) in [6.45, 7) is 0.139. The molecule has 1 amide bonds. The second-order valence-electron chi connectivity index (χ2n) is 4.28. The first-order chi connectivity index (χ1) is 10.6. The highest BCUT2D eigenvalue weighted by atomic mass is 16.6. The topological polar surface area (TPSA) is 81.5 Å². The van der Waals surface area contributed by atoms with Crippen molar-refractivity contribution in [3.63, 3.8) is 0 Å². The Hall–Kier alpha value is -3.33. The van der Waals surface area contributed by atoms with Crippen molar-refractivity contribution in [2.45, 2.75) is 0 Å². The summed E-state index contributed by atoms with van der Waals surface area (Å²) in [4.78, 5) is 22.1. The van der Waals surface area contributed by atoms with Gasteiger partial charge in [0.15, 0.2) is 0 Å². The predicted octanol–water partition coefficient (Wildman–Crippen LogP) is 2.86. The Kier molecular flexibility index (Phi) is 4.73. The molecular formula is C16H12N2O4. The molecule has 6 nitrogen and oxygen atoms in total. The van der Waals surface area contributed by atoms with Crippen molar-refractivity contribution < 1.29 is 14.5 Å². The van der Waals surface area contributed by atoms with Gasteiger partial charge in [0, 0.05) is 29.4 Å². The van der Waals surface area contributed by atoms with Gasteiger partial charge in [0.25, 0.3) is 11.6 Å². The molecule has 0 spiro atoms. The number of nitrogens with one attached hydrogen (secondary N) is 1. The molecule has 0 bridgehead atoms. The molecule has 2 rings (SSSR count). The number of hydrogen-bond acceptors (Lipinski definition) is 4. The average Bonchev–Trinajstić information content (AvgIpc) is 2.53. The van der Waals surface area contributed by atoms with E-state index in [1.165, 1.54) is 24.3 Å². The molecule has 0 fully saturated rings. The number of nitrogens with zero attached hydrogens (tertiary/aromatic N) is 1. The number of amides is 1. The fourth-order valence-corrected chi connectivity index (χ4v) is 1.73. The van der Waals surface area contributed by atoms with Crippen LogP contribution in [-0.2, 0) is 0 Å². The highest BCUT2D eigenvalue weighted by Gasteiger charge is 2.10. The van der Waals surface area contributed by atoms with Crippen molar-refractivity contribution >= 4 is 17.3 Å². The van der Waals surface area contributed by atoms with Gasteiger partial charge < -0.3 is 10.1 Å². The summed E-state index contributed by atoms with van der Waals surface area (Å²) in [7, 11) is 0. The van der Waals surface area contributed by atoms with Crippen molar-refractivity contribution in [1.82, 2.24) is 0 Å². The van der Waals surface area contributed by atoms with E-state index in [-0.39, 0.29) is 18.2 Å². The molecule has 0 aliphatic rings. The highest BCUT2D eigenvalue weighted by molar-refractivity contribution is 6.04. The van der Waals surface area contributed by atoms with Gasteiger partial charge in [-0.2, -0.15) is 0 Å². The first-order valence-electron chi connectivity index (χ1n) is 6.32. The van der Waals surface area contributed by atoms with Crippen LogP contribution in [0.4, 0.5) is 11.4 Å². The monoisotopic (exact) mass is 296 g/mol. The maximum absolute atomic E-state index is 12.1. The van der Waals surface area contributed by atoms with E-state index in [0.717, 1.165) is 0 Å². The number of hydrogen-bond donors (Lipinski definition) is 1. The summed E-state index contributed by atoms with van der Waals surface area (Å²) in [5, 5.41) is 13.3. The van der Waals surface area contributed by atoms with Gasteiger partial charge in [-0.15, -0.1) is 6.42 Å². The highest BCUT2D eigenvalue weighted by Crippen LogP contribution is 2.19. The molecule has 0 unspecified atom stereocenters. The number of carbonyl (C=O) groups excluding carboxylic acids is 1. The Labute approximate surface area is 126 Å². The fraction of sp³-hybridized carbons (Fsp3) is 0.0625. The van der Waals surface area contributed by atoms with Crippen molar-refractivity contribution in [3.8, 4) is 18.1 Å². The molecule has 1 N–H and O–H groups in total. The molecule has 0 aromatic heterocycles. The average molecular weight is 296 g/mol. The summed E-state index contributed by atoms with van der Waals surface area (Å²) < 4.78 is 5.26. The lowest BCUT2D eigenvalue weighted by atomic mass is 10.2. The lowest BCUT2D eigenvalue weighted by Gasteiger charge is -2.07. The summed E-state index contributed by atoms with van der Waals surface area (Å²) >= 11 is 0. The number of ether oxygens (including phenoxy) is 1. The molecule has 22 heavy (non-hydrogen) atoms. The molecule has 2 aromatic carbocycles. The van der Waals surface area contributed by atoms with Gasteiger partial charge in [-0.1, -0.05) is 12.0 Å². The summed E-state index contributed by atoms with van der Waals surface area (Å²) in [5.74, 6) is 2.52. The quantitative estimate of drug-likeness (QED) is 0.522. The van der Waals surface area contributed by atoms with Crippen molar-refractivity contribution in [3.05, 3.63) is 64.2 Å². The maximum atomic E-state index is 12.1. The normalized spacial score (nSPS) is 9.59. The lowest BCUT2D eigenvalue weighted by molar-refractivity contribution is -0.384. The van der Waals surface area contributed by atoms with Crippen LogP contribution in [0.15, 0.2) is 48.5 Å². The molecule has 2 aromatic rings. The zero-order valence-electron chi connectivity index (χ0n) is 11.5. The van der Waals surface area contributed by atoms with Gasteiger partial charge in [0.2, 0.25) is 0 Å². The number of rotatable bonds is 5. The van der Waals surface area contributed by atoms with Crippen LogP contribution in [0.25, 0.3) is 0 Å². The number of carbonyl (C=O) groups is 1. The van der Waals surface area contributed by atoms with E-state index in [9.17, 15) is 14.9 Å². The Morgan fingerprint density at radius 1 is 1.27 bits per heavy atom. The van der Waals surface area contributed by atoms with E-state index in [0.29, 0.717) is 17.0 Å². The van der Waals surface area contributed by atoms with Crippen LogP contribution in [0.1, 0.15) is 10.4 Å². The van der Waals surface area contributed by atoms with Gasteiger partial charge in [0.1, 0.15) is 12.4 Å². The van der Waals surface area contributed by atoms with Crippen molar-refractivity contribution in [1.29, 1.82) is 0 Å². The van der Waals surface area contributed by atoms with Crippen LogP contribution in [0.5, 0.6) is 5.75 Å². The van der Waals surface area contributed by atoms with Gasteiger partial charge in [-0.3, -0.25) is 14.9 Å². The number of terminal acetylenes is 1. The smallest absolute Gasteiger partial charge is 0.269 e. The van der Waals surface area contributed by atoms with Crippen LogP contribution >= 0.6 is 0 Å². The third-order valence-electron chi connectivity index (χ3n) is 2.75. The standard InChI is InChI=1S/C16H12N2O4/c1-2-10-22-15-5-3-4-13(11-15)17-16(19)12-6-8-14(9-7-12)18(20)21/h1,3-9,11H,10H2,(H,17,19). The minimum atomic E-state index is -0.520. The van der Waals surface area contributed by atoms with E-state index < -0.39 is 4.92 Å². The van der Waals surface area contributed by atoms with Gasteiger partial charge in [0.05, 0.1) is 4.92 Å². The lowest BCUT2D eigenvalue weighted by Crippen LogP contribution is -2.11. The first-order valence-corrected chi connectivity index (χ1v) is 6.32. The number of anilines is 1. The Balaban J connectivity index is 2.08. The second kappa shape index (κ2) is 6.90. The molecule has 6 heteroatoms. The Bertz CT molecular complexity index is 733. The van der Waals surface area contributed by atoms with Crippen LogP contribution in [0, 0.1) is 22.5 Å². The van der Waals surface area contributed by atoms with Crippen LogP contribution in [0.3, 0.4) is 0 Å². The first kappa shape index (κ1) is 15.1. The fourth-order valence-electron chi connectivity index (χ4n) is 1.73. The predicted molar refractivity (Wildman–Crippen MR) is 81.8 cm³/mol. The maximum Gasteiger partial charge on any atom is 0.269 e. The Morgan fingerprint density at radius 2 is 2.00 bits per heavy atom. The Morgan fingerprint density at radius 3 is 2.64 bits per heavy atom. The van der Waals surface area contributed by atoms with E-state index in [1.807, 2.05) is 0 Å². The number of nitro groups is 1. The molecule has 0 radical (unpaired) electrons. The molecule has 0 saturated carbocycles. The van der Waals surface area contributed by atoms with E-state index in [2.05, 4.69) is 11.2 Å². The molecule has 0 heterocycles. The van der Waals surface area contributed by atoms with Gasteiger partial charge in [-0.25, -0.2) is 0 Å². The van der Waals surface area contributed by atoms with Gasteiger partial charge in [-0.05, 0) is 24.3 Å². The molecule has 0 aliphatic carbocycles. The summed E-state index contributed by atoms with van der Waals surface area (Å²) in [6, 6.07) is 12.1. The molecule has 0 aliphatic heterocycles. The van der Waals surface area contributed by atoms with Crippen LogP contribution in [-0.4, -0.2) is 17.4 Å². The van der Waals surface area contributed by atoms with E-state index in [1.54, 1.807) is 24.3 Å². The second-order valence-corrected chi connectivity index (χ2v) is 4.28. The van der Waals surface area contributed by atoms with Crippen LogP contribution < -0.4 is 10.1 Å². The van der Waals surface area contributed by atoms with Gasteiger partial charge >= 0.3 is 0 Å². The number of nitro benzene ring substituents is 1. The minimum absolute atomic E-state index is 0.0683. The molecular weight excluding hydrogens is 284 g/mol. The SMILES string of the molecule is C#CCOc1cccc(NC(=O)c2ccc([N+](=O)[O-])cc2)c1. The van der Waals surface area contributed by atoms with Crippen LogP contribution in [0.2, 0.25) is 0 Å². The van der Waals surface area contributed by atoms with Crippen molar-refractivity contribution in [2.24, 2.45) is 0 Å². The molecule has 110 valence electrons. The minimum Gasteiger partial charge on any atom is -0.481 e. The molecule has 0 saturated heterocycles. The van der Waals surface area contributed by atoms with Crippen molar-refractivity contribution in [2.75, 3.05) is 11.9 Å². The number of non-ortho nitro benzene ring substituents is 1. The third-order valence-corrected chi connectivity index (χ3v) is 2.75. The molecule has 0 atom stereocenters. The third kappa shape index (κ3) is 3.84. The van der Waals surface area contributed by atoms with E-state index in [4.69, 9.17) is 11.2 Å². The number of benzene rings is 2. The van der Waals surface area contributed by atoms with E-state index >= 15 is 0 Å². The zero-order valence-corrected chi connectivity index (χ0v) is 11.5. The zero-order chi connectivity index (χ0) is 15.9. The largest absolute Gasteiger partial charge is 0.481 e. The summed E-state index contributed by atoms with van der Waals surface area (Å²) in [5.41, 5.74) is 0.791.